The molecule has 6 nitrogen and oxygen atoms in total. The minimum absolute atomic E-state index is 0.353. The van der Waals surface area contributed by atoms with Crippen molar-refractivity contribution in [2.75, 3.05) is 38.0 Å². The molecule has 8 heteroatoms. The Bertz CT molecular complexity index is 373. The van der Waals surface area contributed by atoms with Gasteiger partial charge in [0.25, 0.3) is 5.95 Å². The van der Waals surface area contributed by atoms with Gasteiger partial charge in [0.15, 0.2) is 3.53 Å². The highest BCUT2D eigenvalue weighted by atomic mass is 79.9. The lowest BCUT2D eigenvalue weighted by Crippen LogP contribution is -2.18. The van der Waals surface area contributed by atoms with Crippen LogP contribution in [0, 0.1) is 0 Å². The Balaban J connectivity index is 3.24. The quantitative estimate of drug-likeness (QED) is 0.777. The van der Waals surface area contributed by atoms with Crippen LogP contribution in [0.5, 0.6) is 0 Å². The van der Waals surface area contributed by atoms with E-state index in [0.29, 0.717) is 21.4 Å². The van der Waals surface area contributed by atoms with Crippen molar-refractivity contribution in [3.63, 3.8) is 0 Å². The van der Waals surface area contributed by atoms with Crippen LogP contribution in [0.2, 0.25) is 0 Å². The summed E-state index contributed by atoms with van der Waals surface area (Å²) in [5.74, 6) is 1.49. The van der Waals surface area contributed by atoms with Crippen LogP contribution in [0.15, 0.2) is 4.99 Å². The summed E-state index contributed by atoms with van der Waals surface area (Å²) in [4.78, 5) is 20.3. The van der Waals surface area contributed by atoms with Crippen molar-refractivity contribution < 1.29 is 0 Å². The SMILES string of the molecule is CN(C)c1nc(N=C(Br)Br)nc(N(C)C)n1. The molecule has 0 spiro atoms. The van der Waals surface area contributed by atoms with Gasteiger partial charge in [-0.3, -0.25) is 0 Å². The van der Waals surface area contributed by atoms with Crippen LogP contribution < -0.4 is 9.80 Å². The lowest BCUT2D eigenvalue weighted by atomic mass is 10.7. The van der Waals surface area contributed by atoms with Gasteiger partial charge in [0.1, 0.15) is 0 Å². The second kappa shape index (κ2) is 5.53. The molecule has 1 heterocycles. The van der Waals surface area contributed by atoms with E-state index in [1.54, 1.807) is 9.80 Å². The molecule has 16 heavy (non-hydrogen) atoms. The molecular formula is C8H12Br2N6. The van der Waals surface area contributed by atoms with E-state index in [1.165, 1.54) is 0 Å². The maximum atomic E-state index is 4.27. The first-order valence-corrected chi connectivity index (χ1v) is 5.99. The van der Waals surface area contributed by atoms with Crippen molar-refractivity contribution in [3.8, 4) is 0 Å². The number of anilines is 2. The van der Waals surface area contributed by atoms with Gasteiger partial charge in [-0.05, 0) is 31.9 Å². The minimum Gasteiger partial charge on any atom is -0.347 e. The third kappa shape index (κ3) is 3.67. The lowest BCUT2D eigenvalue weighted by Gasteiger charge is -2.14. The lowest BCUT2D eigenvalue weighted by molar-refractivity contribution is 0.914. The molecule has 0 N–H and O–H groups in total. The minimum atomic E-state index is 0.353. The van der Waals surface area contributed by atoms with E-state index < -0.39 is 0 Å². The van der Waals surface area contributed by atoms with Crippen molar-refractivity contribution >= 4 is 53.2 Å². The highest BCUT2D eigenvalue weighted by molar-refractivity contribution is 9.39. The molecule has 0 aliphatic heterocycles. The summed E-state index contributed by atoms with van der Waals surface area (Å²) in [6.07, 6.45) is 0. The first-order chi connectivity index (χ1) is 7.40. The summed E-state index contributed by atoms with van der Waals surface area (Å²) in [5.41, 5.74) is 0. The van der Waals surface area contributed by atoms with E-state index in [0.717, 1.165) is 0 Å². The summed E-state index contributed by atoms with van der Waals surface area (Å²) < 4.78 is 0.542. The summed E-state index contributed by atoms with van der Waals surface area (Å²) >= 11 is 6.35. The van der Waals surface area contributed by atoms with Gasteiger partial charge in [-0.2, -0.15) is 19.9 Å². The average Bonchev–Trinajstić information content (AvgIpc) is 2.15. The molecular weight excluding hydrogens is 340 g/mol. The molecule has 0 aliphatic carbocycles. The van der Waals surface area contributed by atoms with Gasteiger partial charge in [0.05, 0.1) is 0 Å². The fraction of sp³-hybridized carbons (Fsp3) is 0.500. The van der Waals surface area contributed by atoms with Gasteiger partial charge in [0.2, 0.25) is 11.9 Å². The van der Waals surface area contributed by atoms with Crippen molar-refractivity contribution in [3.05, 3.63) is 0 Å². The number of nitrogens with zero attached hydrogens (tertiary/aromatic N) is 6. The fourth-order valence-corrected chi connectivity index (χ4v) is 1.19. The summed E-state index contributed by atoms with van der Waals surface area (Å²) in [6, 6.07) is 0. The van der Waals surface area contributed by atoms with Gasteiger partial charge in [0, 0.05) is 28.2 Å². The second-order valence-corrected chi connectivity index (χ2v) is 5.94. The highest BCUT2D eigenvalue weighted by Gasteiger charge is 2.08. The monoisotopic (exact) mass is 350 g/mol. The standard InChI is InChI=1S/C8H12Br2N6/c1-15(2)7-12-6(11-5(9)10)13-8(14-7)16(3)4/h1-4H3. The van der Waals surface area contributed by atoms with Crippen LogP contribution in [0.4, 0.5) is 17.8 Å². The number of hydrogen-bond acceptors (Lipinski definition) is 6. The van der Waals surface area contributed by atoms with Crippen LogP contribution >= 0.6 is 31.9 Å². The molecule has 1 rings (SSSR count). The molecule has 0 radical (unpaired) electrons. The molecule has 0 fully saturated rings. The molecule has 0 aromatic carbocycles. The Morgan fingerprint density at radius 2 is 1.38 bits per heavy atom. The van der Waals surface area contributed by atoms with Gasteiger partial charge in [-0.15, -0.1) is 0 Å². The smallest absolute Gasteiger partial charge is 0.257 e. The van der Waals surface area contributed by atoms with Crippen molar-refractivity contribution in [2.45, 2.75) is 0 Å². The normalized spacial score (nSPS) is 9.88. The highest BCUT2D eigenvalue weighted by Crippen LogP contribution is 2.17. The summed E-state index contributed by atoms with van der Waals surface area (Å²) in [7, 11) is 7.47. The first-order valence-electron chi connectivity index (χ1n) is 4.40. The summed E-state index contributed by atoms with van der Waals surface area (Å²) in [5, 5.41) is 0. The molecule has 0 atom stereocenters. The zero-order valence-electron chi connectivity index (χ0n) is 9.44. The zero-order chi connectivity index (χ0) is 12.3. The Hall–Kier alpha value is -0.760. The third-order valence-electron chi connectivity index (χ3n) is 1.58. The maximum Gasteiger partial charge on any atom is 0.257 e. The Kier molecular flexibility index (Phi) is 4.60. The van der Waals surface area contributed by atoms with E-state index in [9.17, 15) is 0 Å². The fourth-order valence-electron chi connectivity index (χ4n) is 0.869. The van der Waals surface area contributed by atoms with Crippen LogP contribution in [0.1, 0.15) is 0 Å². The Morgan fingerprint density at radius 1 is 0.938 bits per heavy atom. The van der Waals surface area contributed by atoms with E-state index in [-0.39, 0.29) is 0 Å². The second-order valence-electron chi connectivity index (χ2n) is 3.38. The molecule has 88 valence electrons. The number of aliphatic imine (C=N–C) groups is 1. The molecule has 0 unspecified atom stereocenters. The number of hydrogen-bond donors (Lipinski definition) is 0. The predicted molar refractivity (Wildman–Crippen MR) is 73.4 cm³/mol. The molecule has 0 aliphatic rings. The first kappa shape index (κ1) is 13.3. The summed E-state index contributed by atoms with van der Waals surface area (Å²) in [6.45, 7) is 0. The van der Waals surface area contributed by atoms with Gasteiger partial charge in [-0.25, -0.2) is 0 Å². The van der Waals surface area contributed by atoms with Crippen LogP contribution in [0.25, 0.3) is 0 Å². The molecule has 0 saturated heterocycles. The maximum absolute atomic E-state index is 4.27. The van der Waals surface area contributed by atoms with Crippen molar-refractivity contribution in [1.29, 1.82) is 0 Å². The van der Waals surface area contributed by atoms with Gasteiger partial charge >= 0.3 is 0 Å². The number of halogens is 2. The van der Waals surface area contributed by atoms with Crippen molar-refractivity contribution in [1.82, 2.24) is 15.0 Å². The topological polar surface area (TPSA) is 57.5 Å². The number of rotatable bonds is 3. The van der Waals surface area contributed by atoms with Crippen molar-refractivity contribution in [2.24, 2.45) is 4.99 Å². The largest absolute Gasteiger partial charge is 0.347 e. The van der Waals surface area contributed by atoms with Crippen LogP contribution in [-0.2, 0) is 0 Å². The van der Waals surface area contributed by atoms with Crippen LogP contribution in [-0.4, -0.2) is 46.7 Å². The van der Waals surface area contributed by atoms with E-state index >= 15 is 0 Å². The third-order valence-corrected chi connectivity index (χ3v) is 1.94. The predicted octanol–water partition coefficient (Wildman–Crippen LogP) is 1.78. The molecule has 0 saturated carbocycles. The van der Waals surface area contributed by atoms with Gasteiger partial charge in [-0.1, -0.05) is 0 Å². The zero-order valence-corrected chi connectivity index (χ0v) is 12.6. The Morgan fingerprint density at radius 3 is 1.69 bits per heavy atom. The van der Waals surface area contributed by atoms with E-state index in [4.69, 9.17) is 0 Å². The molecule has 1 aromatic heterocycles. The molecule has 0 bridgehead atoms. The van der Waals surface area contributed by atoms with Gasteiger partial charge < -0.3 is 9.80 Å². The van der Waals surface area contributed by atoms with Crippen LogP contribution in [0.3, 0.4) is 0 Å². The average molecular weight is 352 g/mol. The van der Waals surface area contributed by atoms with E-state index in [2.05, 4.69) is 51.8 Å². The molecule has 1 aromatic rings. The molecule has 0 amide bonds. The Labute approximate surface area is 111 Å². The number of aromatic nitrogens is 3. The van der Waals surface area contributed by atoms with E-state index in [1.807, 2.05) is 28.2 Å².